The van der Waals surface area contributed by atoms with Gasteiger partial charge in [0.2, 0.25) is 5.96 Å². The molecule has 0 aliphatic carbocycles. The van der Waals surface area contributed by atoms with Crippen LogP contribution in [-0.2, 0) is 0 Å². The summed E-state index contributed by atoms with van der Waals surface area (Å²) in [5.41, 5.74) is 15.4. The monoisotopic (exact) mass is 307 g/mol. The van der Waals surface area contributed by atoms with E-state index in [1.165, 1.54) is 12.1 Å². The van der Waals surface area contributed by atoms with Gasteiger partial charge in [-0.05, 0) is 12.1 Å². The third-order valence-corrected chi connectivity index (χ3v) is 2.20. The first-order valence-corrected chi connectivity index (χ1v) is 5.15. The molecule has 0 atom stereocenters. The Balaban J connectivity index is 3.20. The van der Waals surface area contributed by atoms with E-state index in [9.17, 15) is 4.39 Å². The van der Waals surface area contributed by atoms with E-state index in [0.717, 1.165) is 0 Å². The summed E-state index contributed by atoms with van der Waals surface area (Å²) in [6, 6.07) is 2.68. The SMILES string of the molecule is NC(N)=NC(N)=Nc1c(F)cc(Br)cc1Cl. The molecule has 0 spiro atoms. The Morgan fingerprint density at radius 3 is 2.44 bits per heavy atom. The minimum atomic E-state index is -0.631. The van der Waals surface area contributed by atoms with Gasteiger partial charge in [-0.25, -0.2) is 9.38 Å². The van der Waals surface area contributed by atoms with Gasteiger partial charge in [-0.1, -0.05) is 27.5 Å². The predicted molar refractivity (Wildman–Crippen MR) is 66.2 cm³/mol. The molecule has 0 amide bonds. The third kappa shape index (κ3) is 3.35. The number of aliphatic imine (C=N–C) groups is 2. The van der Waals surface area contributed by atoms with Crippen molar-refractivity contribution in [3.8, 4) is 0 Å². The average molecular weight is 309 g/mol. The van der Waals surface area contributed by atoms with E-state index in [4.69, 9.17) is 28.8 Å². The van der Waals surface area contributed by atoms with E-state index >= 15 is 0 Å². The molecule has 0 saturated carbocycles. The summed E-state index contributed by atoms with van der Waals surface area (Å²) in [4.78, 5) is 7.10. The summed E-state index contributed by atoms with van der Waals surface area (Å²) in [6.45, 7) is 0. The van der Waals surface area contributed by atoms with Gasteiger partial charge in [-0.2, -0.15) is 4.99 Å². The second kappa shape index (κ2) is 5.13. The first-order valence-electron chi connectivity index (χ1n) is 3.98. The highest BCUT2D eigenvalue weighted by atomic mass is 79.9. The van der Waals surface area contributed by atoms with Crippen LogP contribution in [0.1, 0.15) is 0 Å². The lowest BCUT2D eigenvalue weighted by molar-refractivity contribution is 0.629. The highest BCUT2D eigenvalue weighted by molar-refractivity contribution is 9.10. The number of nitrogens with zero attached hydrogens (tertiary/aromatic N) is 2. The van der Waals surface area contributed by atoms with Crippen molar-refractivity contribution in [3.63, 3.8) is 0 Å². The molecule has 1 rings (SSSR count). The van der Waals surface area contributed by atoms with Crippen LogP contribution >= 0.6 is 27.5 Å². The lowest BCUT2D eigenvalue weighted by Gasteiger charge is -2.02. The highest BCUT2D eigenvalue weighted by Crippen LogP contribution is 2.31. The van der Waals surface area contributed by atoms with Crippen molar-refractivity contribution >= 4 is 45.1 Å². The number of hydrogen-bond donors (Lipinski definition) is 3. The van der Waals surface area contributed by atoms with Crippen molar-refractivity contribution in [2.24, 2.45) is 27.2 Å². The number of hydrogen-bond acceptors (Lipinski definition) is 1. The van der Waals surface area contributed by atoms with Crippen molar-refractivity contribution in [1.29, 1.82) is 0 Å². The minimum Gasteiger partial charge on any atom is -0.370 e. The van der Waals surface area contributed by atoms with Crippen molar-refractivity contribution < 1.29 is 4.39 Å². The molecule has 0 fully saturated rings. The van der Waals surface area contributed by atoms with E-state index in [2.05, 4.69) is 25.9 Å². The summed E-state index contributed by atoms with van der Waals surface area (Å²) in [5, 5.41) is 0.0978. The van der Waals surface area contributed by atoms with Crippen molar-refractivity contribution in [2.75, 3.05) is 0 Å². The van der Waals surface area contributed by atoms with Crippen LogP contribution in [0, 0.1) is 5.82 Å². The Morgan fingerprint density at radius 2 is 1.94 bits per heavy atom. The molecule has 86 valence electrons. The molecule has 16 heavy (non-hydrogen) atoms. The van der Waals surface area contributed by atoms with Crippen LogP contribution in [0.15, 0.2) is 26.6 Å². The molecule has 8 heteroatoms. The standard InChI is InChI=1S/C8H8BrClFN5/c9-3-1-4(10)6(5(11)2-3)15-8(14)16-7(12)13/h1-2H,(H6,12,13,14,15,16). The Hall–Kier alpha value is -1.34. The summed E-state index contributed by atoms with van der Waals surface area (Å²) in [6.07, 6.45) is 0. The zero-order valence-corrected chi connectivity index (χ0v) is 10.3. The summed E-state index contributed by atoms with van der Waals surface area (Å²) in [5.74, 6) is -1.17. The van der Waals surface area contributed by atoms with Gasteiger partial charge in [-0.15, -0.1) is 0 Å². The third-order valence-electron chi connectivity index (χ3n) is 1.45. The maximum atomic E-state index is 13.4. The van der Waals surface area contributed by atoms with Crippen LogP contribution in [0.3, 0.4) is 0 Å². The zero-order valence-electron chi connectivity index (χ0n) is 7.92. The van der Waals surface area contributed by atoms with Crippen molar-refractivity contribution in [1.82, 2.24) is 0 Å². The predicted octanol–water partition coefficient (Wildman–Crippen LogP) is 1.46. The molecule has 1 aromatic rings. The number of halogens is 3. The van der Waals surface area contributed by atoms with Crippen molar-refractivity contribution in [3.05, 3.63) is 27.4 Å². The molecule has 0 saturated heterocycles. The van der Waals surface area contributed by atoms with E-state index in [-0.39, 0.29) is 22.6 Å². The topological polar surface area (TPSA) is 103 Å². The Morgan fingerprint density at radius 1 is 1.31 bits per heavy atom. The fourth-order valence-electron chi connectivity index (χ4n) is 0.913. The van der Waals surface area contributed by atoms with E-state index < -0.39 is 5.82 Å². The fraction of sp³-hybridized carbons (Fsp3) is 0. The van der Waals surface area contributed by atoms with Gasteiger partial charge in [0.15, 0.2) is 11.8 Å². The minimum absolute atomic E-state index is 0.0978. The van der Waals surface area contributed by atoms with Crippen LogP contribution < -0.4 is 17.2 Å². The van der Waals surface area contributed by atoms with Gasteiger partial charge < -0.3 is 17.2 Å². The molecule has 1 aromatic carbocycles. The summed E-state index contributed by atoms with van der Waals surface area (Å²) >= 11 is 8.85. The summed E-state index contributed by atoms with van der Waals surface area (Å²) < 4.78 is 13.9. The quantitative estimate of drug-likeness (QED) is 0.540. The van der Waals surface area contributed by atoms with Gasteiger partial charge in [-0.3, -0.25) is 0 Å². The molecular formula is C8H8BrClFN5. The van der Waals surface area contributed by atoms with Crippen LogP contribution in [0.5, 0.6) is 0 Å². The molecule has 0 bridgehead atoms. The maximum Gasteiger partial charge on any atom is 0.223 e. The fourth-order valence-corrected chi connectivity index (χ4v) is 1.72. The first kappa shape index (κ1) is 12.7. The number of benzene rings is 1. The Bertz CT molecular complexity index is 446. The lowest BCUT2D eigenvalue weighted by atomic mass is 10.3. The molecule has 0 aromatic heterocycles. The molecule has 0 unspecified atom stereocenters. The van der Waals surface area contributed by atoms with Gasteiger partial charge >= 0.3 is 0 Å². The van der Waals surface area contributed by atoms with E-state index in [1.54, 1.807) is 0 Å². The largest absolute Gasteiger partial charge is 0.370 e. The molecule has 0 aliphatic rings. The van der Waals surface area contributed by atoms with Crippen LogP contribution in [0.4, 0.5) is 10.1 Å². The van der Waals surface area contributed by atoms with Crippen LogP contribution in [0.2, 0.25) is 5.02 Å². The van der Waals surface area contributed by atoms with Gasteiger partial charge in [0, 0.05) is 4.47 Å². The molecule has 5 nitrogen and oxygen atoms in total. The molecular weight excluding hydrogens is 300 g/mol. The average Bonchev–Trinajstić information content (AvgIpc) is 2.09. The smallest absolute Gasteiger partial charge is 0.223 e. The second-order valence-corrected chi connectivity index (χ2v) is 4.05. The second-order valence-electron chi connectivity index (χ2n) is 2.72. The van der Waals surface area contributed by atoms with E-state index in [0.29, 0.717) is 4.47 Å². The molecule has 6 N–H and O–H groups in total. The molecule has 0 radical (unpaired) electrons. The Labute approximate surface area is 104 Å². The zero-order chi connectivity index (χ0) is 12.3. The van der Waals surface area contributed by atoms with Gasteiger partial charge in [0.25, 0.3) is 0 Å². The highest BCUT2D eigenvalue weighted by Gasteiger charge is 2.08. The lowest BCUT2D eigenvalue weighted by Crippen LogP contribution is -2.26. The van der Waals surface area contributed by atoms with Crippen LogP contribution in [0.25, 0.3) is 0 Å². The number of nitrogens with two attached hydrogens (primary N) is 3. The number of rotatable bonds is 1. The molecule has 0 heterocycles. The van der Waals surface area contributed by atoms with E-state index in [1.807, 2.05) is 0 Å². The maximum absolute atomic E-state index is 13.4. The van der Waals surface area contributed by atoms with Gasteiger partial charge in [0.05, 0.1) is 5.02 Å². The van der Waals surface area contributed by atoms with Crippen LogP contribution in [-0.4, -0.2) is 11.9 Å². The first-order chi connectivity index (χ1) is 7.40. The van der Waals surface area contributed by atoms with Crippen molar-refractivity contribution in [2.45, 2.75) is 0 Å². The normalized spacial score (nSPS) is 11.3. The number of guanidine groups is 2. The summed E-state index contributed by atoms with van der Waals surface area (Å²) in [7, 11) is 0. The Kier molecular flexibility index (Phi) is 4.08. The molecule has 0 aliphatic heterocycles. The van der Waals surface area contributed by atoms with Gasteiger partial charge in [0.1, 0.15) is 5.69 Å².